The summed E-state index contributed by atoms with van der Waals surface area (Å²) in [5.41, 5.74) is 12.4. The molecule has 0 unspecified atom stereocenters. The summed E-state index contributed by atoms with van der Waals surface area (Å²) in [5.74, 6) is 0. The number of aryl methyl sites for hydroxylation is 4. The molecule has 0 atom stereocenters. The number of hydrogen-bond donors (Lipinski definition) is 2. The number of H-pyrrole nitrogens is 2. The first-order valence-corrected chi connectivity index (χ1v) is 11.0. The highest BCUT2D eigenvalue weighted by atomic mass is 15.2. The molecular weight excluding hydrogens is 368 g/mol. The van der Waals surface area contributed by atoms with E-state index in [0.717, 1.165) is 49.9 Å². The van der Waals surface area contributed by atoms with Crippen LogP contribution < -0.4 is 0 Å². The van der Waals surface area contributed by atoms with Gasteiger partial charge in [0.25, 0.3) is 0 Å². The summed E-state index contributed by atoms with van der Waals surface area (Å²) in [7, 11) is 0. The summed E-state index contributed by atoms with van der Waals surface area (Å²) in [4.78, 5) is 7.24. The van der Waals surface area contributed by atoms with Gasteiger partial charge in [0.15, 0.2) is 0 Å². The minimum absolute atomic E-state index is 0.980. The Hall–Kier alpha value is -3.14. The van der Waals surface area contributed by atoms with Gasteiger partial charge in [-0.25, -0.2) is 0 Å². The van der Waals surface area contributed by atoms with Gasteiger partial charge < -0.3 is 9.97 Å². The zero-order valence-corrected chi connectivity index (χ0v) is 17.6. The zero-order chi connectivity index (χ0) is 20.2. The fourth-order valence-electron chi connectivity index (χ4n) is 5.17. The largest absolute Gasteiger partial charge is 0.353 e. The van der Waals surface area contributed by atoms with Gasteiger partial charge in [-0.15, -0.1) is 0 Å². The molecule has 2 heterocycles. The predicted octanol–water partition coefficient (Wildman–Crippen LogP) is 6.13. The lowest BCUT2D eigenvalue weighted by atomic mass is 9.93. The van der Waals surface area contributed by atoms with Crippen LogP contribution in [0.15, 0.2) is 46.6 Å². The molecule has 2 aliphatic rings. The van der Waals surface area contributed by atoms with Crippen LogP contribution in [0.4, 0.5) is 0 Å². The molecule has 0 radical (unpaired) electrons. The minimum Gasteiger partial charge on any atom is -0.353 e. The maximum Gasteiger partial charge on any atom is 0.0868 e. The van der Waals surface area contributed by atoms with E-state index in [4.69, 9.17) is 10.2 Å². The third-order valence-corrected chi connectivity index (χ3v) is 6.67. The van der Waals surface area contributed by atoms with Crippen molar-refractivity contribution in [2.45, 2.75) is 52.4 Å². The SMILES string of the molecule is Cc1ccc2[nH]c3c(c2c1)CCC/C3=N\N=C1/CCCc2c1[nH]c1ccc(C)cc21. The van der Waals surface area contributed by atoms with Crippen LogP contribution >= 0.6 is 0 Å². The van der Waals surface area contributed by atoms with Crippen LogP contribution in [-0.2, 0) is 12.8 Å². The van der Waals surface area contributed by atoms with E-state index in [0.29, 0.717) is 0 Å². The number of nitrogens with zero attached hydrogens (tertiary/aromatic N) is 2. The Morgan fingerprint density at radius 3 is 1.57 bits per heavy atom. The number of benzene rings is 2. The Bertz CT molecular complexity index is 1260. The molecule has 0 aliphatic heterocycles. The van der Waals surface area contributed by atoms with E-state index in [9.17, 15) is 0 Å². The summed E-state index contributed by atoms with van der Waals surface area (Å²) in [6.45, 7) is 4.32. The van der Waals surface area contributed by atoms with Gasteiger partial charge in [0, 0.05) is 21.8 Å². The number of aromatic amines is 2. The molecule has 2 aromatic carbocycles. The lowest BCUT2D eigenvalue weighted by Gasteiger charge is -2.15. The molecule has 4 aromatic rings. The van der Waals surface area contributed by atoms with E-state index in [1.807, 2.05) is 0 Å². The second-order valence-electron chi connectivity index (χ2n) is 8.86. The lowest BCUT2D eigenvalue weighted by Crippen LogP contribution is -2.13. The van der Waals surface area contributed by atoms with E-state index >= 15 is 0 Å². The molecule has 0 amide bonds. The topological polar surface area (TPSA) is 56.3 Å². The average Bonchev–Trinajstić information content (AvgIpc) is 3.31. The van der Waals surface area contributed by atoms with E-state index in [-0.39, 0.29) is 0 Å². The highest BCUT2D eigenvalue weighted by Crippen LogP contribution is 2.32. The summed E-state index contributed by atoms with van der Waals surface area (Å²) in [6.07, 6.45) is 6.45. The van der Waals surface area contributed by atoms with Crippen molar-refractivity contribution in [1.82, 2.24) is 9.97 Å². The van der Waals surface area contributed by atoms with Crippen LogP contribution in [0.3, 0.4) is 0 Å². The van der Waals surface area contributed by atoms with Gasteiger partial charge in [-0.3, -0.25) is 0 Å². The van der Waals surface area contributed by atoms with Gasteiger partial charge in [-0.1, -0.05) is 23.3 Å². The van der Waals surface area contributed by atoms with Gasteiger partial charge in [-0.05, 0) is 87.8 Å². The van der Waals surface area contributed by atoms with Crippen molar-refractivity contribution in [3.05, 3.63) is 70.0 Å². The van der Waals surface area contributed by atoms with Crippen molar-refractivity contribution >= 4 is 33.2 Å². The van der Waals surface area contributed by atoms with Crippen LogP contribution in [0.5, 0.6) is 0 Å². The van der Waals surface area contributed by atoms with Crippen molar-refractivity contribution in [2.24, 2.45) is 10.2 Å². The number of aromatic nitrogens is 2. The Kier molecular flexibility index (Phi) is 3.95. The first-order valence-electron chi connectivity index (χ1n) is 11.0. The summed E-state index contributed by atoms with van der Waals surface area (Å²) in [5, 5.41) is 12.3. The highest BCUT2D eigenvalue weighted by molar-refractivity contribution is 6.09. The van der Waals surface area contributed by atoms with Crippen molar-refractivity contribution in [3.8, 4) is 0 Å². The van der Waals surface area contributed by atoms with Crippen molar-refractivity contribution in [3.63, 3.8) is 0 Å². The maximum atomic E-state index is 4.81. The zero-order valence-electron chi connectivity index (χ0n) is 17.6. The number of fused-ring (bicyclic) bond motifs is 6. The normalized spacial score (nSPS) is 19.0. The van der Waals surface area contributed by atoms with E-state index in [1.54, 1.807) is 0 Å². The fraction of sp³-hybridized carbons (Fsp3) is 0.308. The molecule has 0 bridgehead atoms. The standard InChI is InChI=1S/C26H26N4/c1-15-9-11-21-19(13-15)17-5-3-7-23(25(17)27-21)29-30-24-8-4-6-18-20-14-16(2)10-12-22(20)28-26(18)24/h9-14,27-28H,3-8H2,1-2H3/b29-23+,30-24+. The van der Waals surface area contributed by atoms with Gasteiger partial charge in [0.05, 0.1) is 22.8 Å². The summed E-state index contributed by atoms with van der Waals surface area (Å²) in [6, 6.07) is 13.3. The monoisotopic (exact) mass is 394 g/mol. The third-order valence-electron chi connectivity index (χ3n) is 6.67. The van der Waals surface area contributed by atoms with Crippen molar-refractivity contribution in [2.75, 3.05) is 0 Å². The van der Waals surface area contributed by atoms with Gasteiger partial charge in [-0.2, -0.15) is 10.2 Å². The van der Waals surface area contributed by atoms with E-state index < -0.39 is 0 Å². The van der Waals surface area contributed by atoms with E-state index in [2.05, 4.69) is 60.2 Å². The third kappa shape index (κ3) is 2.74. The average molecular weight is 395 g/mol. The number of hydrogen-bond acceptors (Lipinski definition) is 2. The maximum absolute atomic E-state index is 4.81. The Morgan fingerprint density at radius 2 is 1.10 bits per heavy atom. The molecule has 30 heavy (non-hydrogen) atoms. The highest BCUT2D eigenvalue weighted by Gasteiger charge is 2.23. The van der Waals surface area contributed by atoms with Crippen LogP contribution in [0.1, 0.15) is 59.3 Å². The van der Waals surface area contributed by atoms with Crippen molar-refractivity contribution < 1.29 is 0 Å². The molecule has 2 aliphatic carbocycles. The Labute approximate surface area is 176 Å². The minimum atomic E-state index is 0.980. The van der Waals surface area contributed by atoms with Crippen LogP contribution in [0.25, 0.3) is 21.8 Å². The molecule has 150 valence electrons. The molecule has 0 fully saturated rings. The number of nitrogens with one attached hydrogen (secondary N) is 2. The van der Waals surface area contributed by atoms with Gasteiger partial charge in [0.2, 0.25) is 0 Å². The molecular formula is C26H26N4. The Balaban J connectivity index is 1.44. The summed E-state index contributed by atoms with van der Waals surface area (Å²) >= 11 is 0. The first kappa shape index (κ1) is 17.7. The predicted molar refractivity (Wildman–Crippen MR) is 125 cm³/mol. The molecule has 2 aromatic heterocycles. The molecule has 2 N–H and O–H groups in total. The second-order valence-corrected chi connectivity index (χ2v) is 8.86. The number of rotatable bonds is 1. The van der Waals surface area contributed by atoms with Gasteiger partial charge in [0.1, 0.15) is 0 Å². The fourth-order valence-corrected chi connectivity index (χ4v) is 5.17. The van der Waals surface area contributed by atoms with E-state index in [1.165, 1.54) is 55.4 Å². The van der Waals surface area contributed by atoms with Crippen LogP contribution in [0.2, 0.25) is 0 Å². The quantitative estimate of drug-likeness (QED) is 0.365. The molecule has 0 spiro atoms. The molecule has 6 rings (SSSR count). The van der Waals surface area contributed by atoms with Crippen LogP contribution in [0, 0.1) is 13.8 Å². The molecule has 4 heteroatoms. The Morgan fingerprint density at radius 1 is 0.633 bits per heavy atom. The molecule has 0 saturated carbocycles. The van der Waals surface area contributed by atoms with Gasteiger partial charge >= 0.3 is 0 Å². The first-order chi connectivity index (χ1) is 14.7. The van der Waals surface area contributed by atoms with Crippen molar-refractivity contribution in [1.29, 1.82) is 0 Å². The van der Waals surface area contributed by atoms with Crippen LogP contribution in [-0.4, -0.2) is 21.4 Å². The smallest absolute Gasteiger partial charge is 0.0868 e. The second kappa shape index (κ2) is 6.69. The molecule has 4 nitrogen and oxygen atoms in total. The molecule has 0 saturated heterocycles. The lowest BCUT2D eigenvalue weighted by molar-refractivity contribution is 0.827. The summed E-state index contributed by atoms with van der Waals surface area (Å²) < 4.78 is 0.